The number of amides is 3. The van der Waals surface area contributed by atoms with Crippen molar-refractivity contribution in [2.24, 2.45) is 0 Å². The van der Waals surface area contributed by atoms with E-state index in [-0.39, 0.29) is 23.6 Å². The molecule has 0 aliphatic heterocycles. The highest BCUT2D eigenvalue weighted by atomic mass is 16.2. The van der Waals surface area contributed by atoms with Crippen molar-refractivity contribution < 1.29 is 14.4 Å². The third-order valence-electron chi connectivity index (χ3n) is 5.36. The number of rotatable bonds is 9. The molecule has 0 saturated heterocycles. The second-order valence-electron chi connectivity index (χ2n) is 7.82. The number of carbonyl (C=O) groups excluding carboxylic acids is 3. The topological polar surface area (TPSA) is 87.3 Å². The van der Waals surface area contributed by atoms with Crippen molar-refractivity contribution in [2.45, 2.75) is 26.2 Å². The van der Waals surface area contributed by atoms with Crippen LogP contribution in [0.3, 0.4) is 0 Å². The molecule has 3 N–H and O–H groups in total. The summed E-state index contributed by atoms with van der Waals surface area (Å²) in [5, 5.41) is 8.51. The molecule has 170 valence electrons. The van der Waals surface area contributed by atoms with Crippen LogP contribution in [0, 0.1) is 6.92 Å². The van der Waals surface area contributed by atoms with E-state index in [2.05, 4.69) is 16.0 Å². The molecule has 0 radical (unpaired) electrons. The zero-order chi connectivity index (χ0) is 23.6. The normalized spacial score (nSPS) is 11.3. The van der Waals surface area contributed by atoms with Gasteiger partial charge in [0, 0.05) is 29.9 Å². The summed E-state index contributed by atoms with van der Waals surface area (Å²) < 4.78 is 0. The molecule has 0 fully saturated rings. The Morgan fingerprint density at radius 2 is 1.30 bits per heavy atom. The molecule has 3 aromatic rings. The van der Waals surface area contributed by atoms with Crippen molar-refractivity contribution >= 4 is 23.4 Å². The first kappa shape index (κ1) is 23.7. The van der Waals surface area contributed by atoms with E-state index in [9.17, 15) is 14.4 Å². The molecule has 1 atom stereocenters. The van der Waals surface area contributed by atoms with Crippen LogP contribution in [-0.4, -0.2) is 30.8 Å². The van der Waals surface area contributed by atoms with Gasteiger partial charge in [0.1, 0.15) is 0 Å². The fraction of sp³-hybridized carbons (Fsp3) is 0.222. The molecule has 3 aromatic carbocycles. The van der Waals surface area contributed by atoms with Crippen molar-refractivity contribution in [3.8, 4) is 0 Å². The van der Waals surface area contributed by atoms with Crippen molar-refractivity contribution in [3.63, 3.8) is 0 Å². The molecule has 0 spiro atoms. The molecule has 6 heteroatoms. The minimum atomic E-state index is -0.240. The third kappa shape index (κ3) is 6.77. The molecule has 3 amide bonds. The Bertz CT molecular complexity index is 1080. The van der Waals surface area contributed by atoms with Crippen LogP contribution in [0.4, 0.5) is 5.69 Å². The van der Waals surface area contributed by atoms with Gasteiger partial charge in [0.15, 0.2) is 0 Å². The van der Waals surface area contributed by atoms with Crippen LogP contribution >= 0.6 is 0 Å². The minimum absolute atomic E-state index is 0.0494. The Morgan fingerprint density at radius 3 is 1.94 bits per heavy atom. The quantitative estimate of drug-likeness (QED) is 0.431. The van der Waals surface area contributed by atoms with Gasteiger partial charge in [-0.15, -0.1) is 0 Å². The van der Waals surface area contributed by atoms with E-state index >= 15 is 0 Å². The Kier molecular flexibility index (Phi) is 8.36. The maximum absolute atomic E-state index is 12.5. The number of carbonyl (C=O) groups is 3. The number of benzene rings is 3. The molecule has 0 aliphatic carbocycles. The lowest BCUT2D eigenvalue weighted by Crippen LogP contribution is -2.36. The first-order chi connectivity index (χ1) is 16.0. The Hall–Kier alpha value is -3.93. The van der Waals surface area contributed by atoms with Crippen LogP contribution < -0.4 is 16.0 Å². The fourth-order valence-corrected chi connectivity index (χ4v) is 3.46. The van der Waals surface area contributed by atoms with Gasteiger partial charge in [-0.1, -0.05) is 55.0 Å². The standard InChI is InChI=1S/C27H29N3O3/c1-3-24(20-7-5-4-6-8-20)27(33)29-18-17-28-25(31)21-13-15-23(16-14-21)30-26(32)22-11-9-19(2)10-12-22/h4-16,24H,3,17-18H2,1-2H3,(H,28,31)(H,29,33)(H,30,32). The summed E-state index contributed by atoms with van der Waals surface area (Å²) in [5.74, 6) is -0.698. The smallest absolute Gasteiger partial charge is 0.255 e. The van der Waals surface area contributed by atoms with Crippen LogP contribution in [0.25, 0.3) is 0 Å². The van der Waals surface area contributed by atoms with E-state index in [1.165, 1.54) is 0 Å². The maximum atomic E-state index is 12.5. The van der Waals surface area contributed by atoms with Crippen molar-refractivity contribution in [3.05, 3.63) is 101 Å². The molecule has 33 heavy (non-hydrogen) atoms. The summed E-state index contributed by atoms with van der Waals surface area (Å²) in [4.78, 5) is 37.2. The average Bonchev–Trinajstić information content (AvgIpc) is 2.83. The Labute approximate surface area is 194 Å². The van der Waals surface area contributed by atoms with Gasteiger partial charge in [-0.05, 0) is 55.3 Å². The predicted molar refractivity (Wildman–Crippen MR) is 130 cm³/mol. The van der Waals surface area contributed by atoms with Gasteiger partial charge in [-0.2, -0.15) is 0 Å². The number of aryl methyl sites for hydroxylation is 1. The second kappa shape index (κ2) is 11.6. The van der Waals surface area contributed by atoms with Crippen molar-refractivity contribution in [2.75, 3.05) is 18.4 Å². The van der Waals surface area contributed by atoms with E-state index in [1.54, 1.807) is 36.4 Å². The van der Waals surface area contributed by atoms with Gasteiger partial charge in [-0.25, -0.2) is 0 Å². The lowest BCUT2D eigenvalue weighted by atomic mass is 9.96. The summed E-state index contributed by atoms with van der Waals surface area (Å²) in [5.41, 5.74) is 3.72. The highest BCUT2D eigenvalue weighted by Gasteiger charge is 2.17. The molecule has 0 saturated carbocycles. The molecular formula is C27H29N3O3. The van der Waals surface area contributed by atoms with Gasteiger partial charge in [-0.3, -0.25) is 14.4 Å². The van der Waals surface area contributed by atoms with Crippen LogP contribution in [0.5, 0.6) is 0 Å². The Morgan fingerprint density at radius 1 is 0.727 bits per heavy atom. The molecule has 6 nitrogen and oxygen atoms in total. The van der Waals surface area contributed by atoms with Gasteiger partial charge in [0.2, 0.25) is 5.91 Å². The molecule has 3 rings (SSSR count). The first-order valence-corrected chi connectivity index (χ1v) is 11.1. The van der Waals surface area contributed by atoms with E-state index in [4.69, 9.17) is 0 Å². The summed E-state index contributed by atoms with van der Waals surface area (Å²) in [6.45, 7) is 4.61. The lowest BCUT2D eigenvalue weighted by Gasteiger charge is -2.15. The average molecular weight is 444 g/mol. The monoisotopic (exact) mass is 443 g/mol. The second-order valence-corrected chi connectivity index (χ2v) is 7.82. The zero-order valence-electron chi connectivity index (χ0n) is 18.9. The van der Waals surface area contributed by atoms with Gasteiger partial charge in [0.05, 0.1) is 5.92 Å². The molecule has 1 unspecified atom stereocenters. The number of nitrogens with one attached hydrogen (secondary N) is 3. The predicted octanol–water partition coefficient (Wildman–Crippen LogP) is 4.29. The maximum Gasteiger partial charge on any atom is 0.255 e. The third-order valence-corrected chi connectivity index (χ3v) is 5.36. The SMILES string of the molecule is CCC(C(=O)NCCNC(=O)c1ccc(NC(=O)c2ccc(C)cc2)cc1)c1ccccc1. The van der Waals surface area contributed by atoms with E-state index in [0.717, 1.165) is 11.1 Å². The van der Waals surface area contributed by atoms with E-state index < -0.39 is 0 Å². The van der Waals surface area contributed by atoms with E-state index in [0.29, 0.717) is 36.3 Å². The van der Waals surface area contributed by atoms with Crippen LogP contribution in [-0.2, 0) is 4.79 Å². The Balaban J connectivity index is 1.44. The summed E-state index contributed by atoms with van der Waals surface area (Å²) in [6, 6.07) is 23.7. The molecule has 0 aromatic heterocycles. The molecule has 0 bridgehead atoms. The molecular weight excluding hydrogens is 414 g/mol. The highest BCUT2D eigenvalue weighted by Crippen LogP contribution is 2.19. The minimum Gasteiger partial charge on any atom is -0.354 e. The van der Waals surface area contributed by atoms with Crippen LogP contribution in [0.2, 0.25) is 0 Å². The van der Waals surface area contributed by atoms with Gasteiger partial charge < -0.3 is 16.0 Å². The largest absolute Gasteiger partial charge is 0.354 e. The van der Waals surface area contributed by atoms with Crippen LogP contribution in [0.1, 0.15) is 51.1 Å². The number of anilines is 1. The van der Waals surface area contributed by atoms with Crippen molar-refractivity contribution in [1.82, 2.24) is 10.6 Å². The van der Waals surface area contributed by atoms with Crippen molar-refractivity contribution in [1.29, 1.82) is 0 Å². The number of hydrogen-bond donors (Lipinski definition) is 3. The molecule has 0 aliphatic rings. The van der Waals surface area contributed by atoms with Gasteiger partial charge >= 0.3 is 0 Å². The van der Waals surface area contributed by atoms with Gasteiger partial charge in [0.25, 0.3) is 11.8 Å². The highest BCUT2D eigenvalue weighted by molar-refractivity contribution is 6.04. The number of hydrogen-bond acceptors (Lipinski definition) is 3. The first-order valence-electron chi connectivity index (χ1n) is 11.1. The van der Waals surface area contributed by atoms with Crippen LogP contribution in [0.15, 0.2) is 78.9 Å². The fourth-order valence-electron chi connectivity index (χ4n) is 3.46. The summed E-state index contributed by atoms with van der Waals surface area (Å²) in [6.07, 6.45) is 0.703. The van der Waals surface area contributed by atoms with E-state index in [1.807, 2.05) is 56.3 Å². The summed E-state index contributed by atoms with van der Waals surface area (Å²) in [7, 11) is 0. The molecule has 0 heterocycles. The lowest BCUT2D eigenvalue weighted by molar-refractivity contribution is -0.122. The summed E-state index contributed by atoms with van der Waals surface area (Å²) >= 11 is 0. The zero-order valence-corrected chi connectivity index (χ0v) is 18.9.